The van der Waals surface area contributed by atoms with Crippen molar-refractivity contribution in [3.8, 4) is 11.5 Å². The van der Waals surface area contributed by atoms with Crippen LogP contribution in [0.4, 0.5) is 11.4 Å². The normalized spacial score (nSPS) is 10.9. The number of sulfonamides is 1. The van der Waals surface area contributed by atoms with E-state index in [1.165, 1.54) is 80.9 Å². The lowest BCUT2D eigenvalue weighted by Gasteiger charge is -2.24. The second kappa shape index (κ2) is 11.8. The summed E-state index contributed by atoms with van der Waals surface area (Å²) in [5.74, 6) is -0.498. The molecule has 0 unspecified atom stereocenters. The topological polar surface area (TPSA) is 111 Å². The molecule has 0 bridgehead atoms. The number of carbonyl (C=O) groups is 2. The van der Waals surface area contributed by atoms with Gasteiger partial charge in [0.2, 0.25) is 5.91 Å². The Kier molecular flexibility index (Phi) is 8.78. The zero-order valence-electron chi connectivity index (χ0n) is 19.9. The molecule has 1 N–H and O–H groups in total. The van der Waals surface area contributed by atoms with E-state index in [4.69, 9.17) is 25.8 Å². The van der Waals surface area contributed by atoms with Crippen LogP contribution in [0.15, 0.2) is 71.6 Å². The highest BCUT2D eigenvalue weighted by molar-refractivity contribution is 7.92. The van der Waals surface area contributed by atoms with Crippen LogP contribution < -0.4 is 19.1 Å². The third-order valence-electron chi connectivity index (χ3n) is 5.02. The molecule has 3 aromatic carbocycles. The fraction of sp³-hybridized carbons (Fsp3) is 0.200. The SMILES string of the molecule is CCOC(=O)c1ccc(NC(=O)CN(c2ccc(Cl)cc2)S(=O)(=O)c2ccc(OC)c(OC)c2)cc1. The zero-order chi connectivity index (χ0) is 26.3. The predicted molar refractivity (Wildman–Crippen MR) is 137 cm³/mol. The van der Waals surface area contributed by atoms with E-state index in [-0.39, 0.29) is 22.9 Å². The zero-order valence-corrected chi connectivity index (χ0v) is 21.4. The molecule has 9 nitrogen and oxygen atoms in total. The van der Waals surface area contributed by atoms with Crippen molar-refractivity contribution in [1.29, 1.82) is 0 Å². The summed E-state index contributed by atoms with van der Waals surface area (Å²) in [5, 5.41) is 3.06. The van der Waals surface area contributed by atoms with Gasteiger partial charge in [-0.1, -0.05) is 11.6 Å². The first-order valence-electron chi connectivity index (χ1n) is 10.8. The summed E-state index contributed by atoms with van der Waals surface area (Å²) >= 11 is 5.98. The summed E-state index contributed by atoms with van der Waals surface area (Å²) in [4.78, 5) is 24.6. The van der Waals surface area contributed by atoms with Gasteiger partial charge >= 0.3 is 5.97 Å². The first kappa shape index (κ1) is 26.8. The molecule has 36 heavy (non-hydrogen) atoms. The number of nitrogens with zero attached hydrogens (tertiary/aromatic N) is 1. The van der Waals surface area contributed by atoms with Crippen molar-refractivity contribution in [2.24, 2.45) is 0 Å². The molecule has 190 valence electrons. The molecule has 0 aromatic heterocycles. The van der Waals surface area contributed by atoms with Gasteiger partial charge < -0.3 is 19.5 Å². The maximum Gasteiger partial charge on any atom is 0.338 e. The first-order valence-corrected chi connectivity index (χ1v) is 12.6. The molecule has 3 aromatic rings. The maximum atomic E-state index is 13.6. The highest BCUT2D eigenvalue weighted by Gasteiger charge is 2.28. The Morgan fingerprint density at radius 1 is 0.917 bits per heavy atom. The third-order valence-corrected chi connectivity index (χ3v) is 7.05. The van der Waals surface area contributed by atoms with Gasteiger partial charge in [0.25, 0.3) is 10.0 Å². The van der Waals surface area contributed by atoms with Crippen molar-refractivity contribution in [3.63, 3.8) is 0 Å². The molecule has 0 aliphatic carbocycles. The van der Waals surface area contributed by atoms with Gasteiger partial charge in [0.05, 0.1) is 37.0 Å². The summed E-state index contributed by atoms with van der Waals surface area (Å²) < 4.78 is 43.6. The number of rotatable bonds is 10. The molecular formula is C25H25ClN2O7S. The molecular weight excluding hydrogens is 508 g/mol. The lowest BCUT2D eigenvalue weighted by atomic mass is 10.2. The number of ether oxygens (including phenoxy) is 3. The van der Waals surface area contributed by atoms with Crippen LogP contribution >= 0.6 is 11.6 Å². The van der Waals surface area contributed by atoms with E-state index >= 15 is 0 Å². The first-order chi connectivity index (χ1) is 17.2. The largest absolute Gasteiger partial charge is 0.493 e. The van der Waals surface area contributed by atoms with Crippen LogP contribution in [0.3, 0.4) is 0 Å². The Labute approximate surface area is 214 Å². The fourth-order valence-corrected chi connectivity index (χ4v) is 4.82. The average Bonchev–Trinajstić information content (AvgIpc) is 2.88. The molecule has 0 radical (unpaired) electrons. The molecule has 0 heterocycles. The van der Waals surface area contributed by atoms with Gasteiger partial charge in [0, 0.05) is 16.8 Å². The van der Waals surface area contributed by atoms with Gasteiger partial charge in [-0.3, -0.25) is 9.10 Å². The van der Waals surface area contributed by atoms with Crippen LogP contribution in [-0.2, 0) is 19.6 Å². The lowest BCUT2D eigenvalue weighted by Crippen LogP contribution is -2.38. The quantitative estimate of drug-likeness (QED) is 0.386. The molecule has 0 saturated heterocycles. The van der Waals surface area contributed by atoms with E-state index in [9.17, 15) is 18.0 Å². The molecule has 0 spiro atoms. The monoisotopic (exact) mass is 532 g/mol. The highest BCUT2D eigenvalue weighted by Crippen LogP contribution is 2.32. The van der Waals surface area contributed by atoms with E-state index in [1.807, 2.05) is 0 Å². The van der Waals surface area contributed by atoms with Crippen molar-refractivity contribution in [3.05, 3.63) is 77.3 Å². The van der Waals surface area contributed by atoms with Gasteiger partial charge in [0.15, 0.2) is 11.5 Å². The van der Waals surface area contributed by atoms with Crippen LogP contribution in [0.2, 0.25) is 5.02 Å². The Hall–Kier alpha value is -3.76. The van der Waals surface area contributed by atoms with Crippen molar-refractivity contribution >= 4 is 44.9 Å². The number of benzene rings is 3. The second-order valence-electron chi connectivity index (χ2n) is 7.35. The number of hydrogen-bond acceptors (Lipinski definition) is 7. The summed E-state index contributed by atoms with van der Waals surface area (Å²) in [6, 6.07) is 16.3. The molecule has 0 atom stereocenters. The summed E-state index contributed by atoms with van der Waals surface area (Å²) in [6.45, 7) is 1.42. The second-order valence-corrected chi connectivity index (χ2v) is 9.65. The Morgan fingerprint density at radius 2 is 1.56 bits per heavy atom. The van der Waals surface area contributed by atoms with Gasteiger partial charge in [-0.05, 0) is 67.6 Å². The van der Waals surface area contributed by atoms with Crippen LogP contribution in [0.1, 0.15) is 17.3 Å². The van der Waals surface area contributed by atoms with Crippen LogP contribution in [-0.4, -0.2) is 47.7 Å². The lowest BCUT2D eigenvalue weighted by molar-refractivity contribution is -0.114. The van der Waals surface area contributed by atoms with Crippen molar-refractivity contribution in [2.45, 2.75) is 11.8 Å². The number of amides is 1. The minimum Gasteiger partial charge on any atom is -0.493 e. The average molecular weight is 533 g/mol. The van der Waals surface area contributed by atoms with Crippen LogP contribution in [0.25, 0.3) is 0 Å². The van der Waals surface area contributed by atoms with E-state index in [0.717, 1.165) is 4.31 Å². The fourth-order valence-electron chi connectivity index (χ4n) is 3.26. The molecule has 0 saturated carbocycles. The number of carbonyl (C=O) groups excluding carboxylic acids is 2. The van der Waals surface area contributed by atoms with Crippen LogP contribution in [0.5, 0.6) is 11.5 Å². The summed E-state index contributed by atoms with van der Waals surface area (Å²) in [5.41, 5.74) is 0.947. The minimum absolute atomic E-state index is 0.0957. The van der Waals surface area contributed by atoms with Crippen molar-refractivity contribution in [2.75, 3.05) is 37.0 Å². The highest BCUT2D eigenvalue weighted by atomic mass is 35.5. The van der Waals surface area contributed by atoms with E-state index in [2.05, 4.69) is 5.32 Å². The molecule has 11 heteroatoms. The number of methoxy groups -OCH3 is 2. The van der Waals surface area contributed by atoms with Gasteiger partial charge in [0.1, 0.15) is 6.54 Å². The number of halogens is 1. The predicted octanol–water partition coefficient (Wildman–Crippen LogP) is 4.37. The number of nitrogens with one attached hydrogen (secondary N) is 1. The summed E-state index contributed by atoms with van der Waals surface area (Å²) in [7, 11) is -1.37. The van der Waals surface area contributed by atoms with Gasteiger partial charge in [-0.2, -0.15) is 0 Å². The number of hydrogen-bond donors (Lipinski definition) is 1. The maximum absolute atomic E-state index is 13.6. The number of anilines is 2. The van der Waals surface area contributed by atoms with Crippen molar-refractivity contribution in [1.82, 2.24) is 0 Å². The smallest absolute Gasteiger partial charge is 0.338 e. The van der Waals surface area contributed by atoms with Gasteiger partial charge in [-0.25, -0.2) is 13.2 Å². The number of esters is 1. The van der Waals surface area contributed by atoms with Crippen molar-refractivity contribution < 1.29 is 32.2 Å². The Balaban J connectivity index is 1.90. The van der Waals surface area contributed by atoms with E-state index in [0.29, 0.717) is 22.0 Å². The standard InChI is InChI=1S/C25H25ClN2O7S/c1-4-35-25(30)17-5-9-19(10-6-17)27-24(29)16-28(20-11-7-18(26)8-12-20)36(31,32)21-13-14-22(33-2)23(15-21)34-3/h5-15H,4,16H2,1-3H3,(H,27,29). The molecule has 1 amide bonds. The molecule has 3 rings (SSSR count). The van der Waals surface area contributed by atoms with Gasteiger partial charge in [-0.15, -0.1) is 0 Å². The Morgan fingerprint density at radius 3 is 2.14 bits per heavy atom. The van der Waals surface area contributed by atoms with E-state index in [1.54, 1.807) is 6.92 Å². The summed E-state index contributed by atoms with van der Waals surface area (Å²) in [6.07, 6.45) is 0. The van der Waals surface area contributed by atoms with E-state index < -0.39 is 28.4 Å². The molecule has 0 aliphatic heterocycles. The van der Waals surface area contributed by atoms with Crippen LogP contribution in [0, 0.1) is 0 Å². The third kappa shape index (κ3) is 6.27. The molecule has 0 aliphatic rings. The Bertz CT molecular complexity index is 1330. The minimum atomic E-state index is -4.20. The molecule has 0 fully saturated rings.